The van der Waals surface area contributed by atoms with Crippen molar-refractivity contribution in [1.29, 1.82) is 0 Å². The van der Waals surface area contributed by atoms with Crippen molar-refractivity contribution in [1.82, 2.24) is 9.78 Å². The molecule has 1 aromatic heterocycles. The number of aromatic nitrogens is 2. The molecular weight excluding hydrogens is 435 g/mol. The largest absolute Gasteiger partial charge is 0.370 e. The summed E-state index contributed by atoms with van der Waals surface area (Å²) in [6.45, 7) is 0.813. The number of benzene rings is 2. The summed E-state index contributed by atoms with van der Waals surface area (Å²) in [5.74, 6) is -0.410. The summed E-state index contributed by atoms with van der Waals surface area (Å²) in [5.41, 5.74) is 3.20. The number of fused-ring (bicyclic) bond motifs is 1. The van der Waals surface area contributed by atoms with Crippen LogP contribution in [0.4, 0.5) is 14.6 Å². The van der Waals surface area contributed by atoms with Gasteiger partial charge in [-0.25, -0.2) is 13.5 Å². The first-order chi connectivity index (χ1) is 12.1. The van der Waals surface area contributed by atoms with E-state index in [1.165, 1.54) is 12.1 Å². The zero-order valence-corrected chi connectivity index (χ0v) is 15.6. The topological polar surface area (TPSA) is 29.9 Å². The molecule has 2 heterocycles. The van der Waals surface area contributed by atoms with E-state index < -0.39 is 11.6 Å². The molecule has 25 heavy (non-hydrogen) atoms. The van der Waals surface area contributed by atoms with Crippen LogP contribution >= 0.6 is 22.6 Å². The molecule has 0 fully saturated rings. The quantitative estimate of drug-likeness (QED) is 0.545. The maximum Gasteiger partial charge on any atom is 0.151 e. The van der Waals surface area contributed by atoms with Crippen LogP contribution in [0.3, 0.4) is 0 Å². The number of halogens is 3. The lowest BCUT2D eigenvalue weighted by Gasteiger charge is -2.10. The fourth-order valence-corrected chi connectivity index (χ4v) is 3.74. The summed E-state index contributed by atoms with van der Waals surface area (Å²) in [6.07, 6.45) is 2.98. The zero-order valence-electron chi connectivity index (χ0n) is 13.4. The summed E-state index contributed by atoms with van der Waals surface area (Å²) in [5, 5.41) is 8.07. The Labute approximate surface area is 158 Å². The van der Waals surface area contributed by atoms with E-state index in [4.69, 9.17) is 5.10 Å². The van der Waals surface area contributed by atoms with Crippen molar-refractivity contribution < 1.29 is 8.78 Å². The smallest absolute Gasteiger partial charge is 0.151 e. The third-order valence-electron chi connectivity index (χ3n) is 4.37. The van der Waals surface area contributed by atoms with E-state index in [1.807, 2.05) is 18.2 Å². The molecule has 0 aliphatic carbocycles. The van der Waals surface area contributed by atoms with Crippen molar-refractivity contribution in [3.8, 4) is 16.9 Å². The van der Waals surface area contributed by atoms with Gasteiger partial charge in [-0.2, -0.15) is 5.10 Å². The van der Waals surface area contributed by atoms with Crippen molar-refractivity contribution in [2.24, 2.45) is 0 Å². The highest BCUT2D eigenvalue weighted by Crippen LogP contribution is 2.34. The monoisotopic (exact) mass is 451 g/mol. The third-order valence-corrected chi connectivity index (χ3v) is 5.04. The van der Waals surface area contributed by atoms with Gasteiger partial charge in [-0.3, -0.25) is 0 Å². The molecule has 0 saturated heterocycles. The number of rotatable bonds is 2. The Morgan fingerprint density at radius 3 is 2.76 bits per heavy atom. The Balaban J connectivity index is 1.93. The van der Waals surface area contributed by atoms with Crippen molar-refractivity contribution in [3.63, 3.8) is 0 Å². The van der Waals surface area contributed by atoms with Gasteiger partial charge in [0.2, 0.25) is 0 Å². The minimum atomic E-state index is -0.620. The zero-order chi connectivity index (χ0) is 17.4. The van der Waals surface area contributed by atoms with E-state index in [9.17, 15) is 8.78 Å². The Bertz CT molecular complexity index is 936. The fraction of sp³-hybridized carbons (Fsp3) is 0.211. The van der Waals surface area contributed by atoms with Gasteiger partial charge in [0.05, 0.1) is 5.69 Å². The Morgan fingerprint density at radius 1 is 1.08 bits per heavy atom. The van der Waals surface area contributed by atoms with Crippen LogP contribution in [0.15, 0.2) is 42.5 Å². The molecule has 3 nitrogen and oxygen atoms in total. The van der Waals surface area contributed by atoms with E-state index in [2.05, 4.69) is 34.0 Å². The average Bonchev–Trinajstić information content (AvgIpc) is 2.77. The fourth-order valence-electron chi connectivity index (χ4n) is 3.20. The van der Waals surface area contributed by atoms with Gasteiger partial charge in [-0.1, -0.05) is 12.1 Å². The van der Waals surface area contributed by atoms with Crippen molar-refractivity contribution in [2.75, 3.05) is 11.9 Å². The molecule has 0 amide bonds. The van der Waals surface area contributed by atoms with E-state index in [0.717, 1.165) is 58.1 Å². The molecule has 0 radical (unpaired) electrons. The lowest BCUT2D eigenvalue weighted by molar-refractivity contribution is 0.574. The van der Waals surface area contributed by atoms with Crippen LogP contribution in [-0.2, 0) is 6.42 Å². The first kappa shape index (κ1) is 16.5. The molecule has 1 aliphatic rings. The lowest BCUT2D eigenvalue weighted by Crippen LogP contribution is -2.08. The summed E-state index contributed by atoms with van der Waals surface area (Å²) >= 11 is 2.27. The molecule has 128 valence electrons. The molecule has 0 saturated carbocycles. The van der Waals surface area contributed by atoms with Gasteiger partial charge < -0.3 is 5.32 Å². The molecule has 3 aromatic rings. The van der Waals surface area contributed by atoms with Gasteiger partial charge in [-0.15, -0.1) is 0 Å². The predicted octanol–water partition coefficient (Wildman–Crippen LogP) is 5.17. The second-order valence-corrected chi connectivity index (χ2v) is 7.32. The maximum atomic E-state index is 14.4. The predicted molar refractivity (Wildman–Crippen MR) is 103 cm³/mol. The van der Waals surface area contributed by atoms with Gasteiger partial charge >= 0.3 is 0 Å². The van der Waals surface area contributed by atoms with Crippen LogP contribution in [0.5, 0.6) is 0 Å². The van der Waals surface area contributed by atoms with Gasteiger partial charge in [0.1, 0.15) is 17.3 Å². The molecule has 0 bridgehead atoms. The van der Waals surface area contributed by atoms with E-state index in [-0.39, 0.29) is 5.69 Å². The van der Waals surface area contributed by atoms with Crippen molar-refractivity contribution in [3.05, 3.63) is 63.2 Å². The Hall–Kier alpha value is -1.96. The summed E-state index contributed by atoms with van der Waals surface area (Å²) in [4.78, 5) is 0. The highest BCUT2D eigenvalue weighted by Gasteiger charge is 2.23. The lowest BCUT2D eigenvalue weighted by atomic mass is 10.0. The number of nitrogens with one attached hydrogen (secondary N) is 1. The molecule has 4 rings (SSSR count). The SMILES string of the molecule is Fc1ccc(-n2nc(-c3cccc(I)c3)c3c2NCCCC3)c(F)c1. The summed E-state index contributed by atoms with van der Waals surface area (Å²) in [6, 6.07) is 11.7. The van der Waals surface area contributed by atoms with E-state index >= 15 is 0 Å². The summed E-state index contributed by atoms with van der Waals surface area (Å²) < 4.78 is 30.3. The first-order valence-corrected chi connectivity index (χ1v) is 9.28. The minimum absolute atomic E-state index is 0.254. The standard InChI is InChI=1S/C19H16F2IN3/c20-13-7-8-17(16(21)11-13)25-19-15(6-1-2-9-23-19)18(24-25)12-4-3-5-14(22)10-12/h3-5,7-8,10-11,23H,1-2,6,9H2. The van der Waals surface area contributed by atoms with Crippen LogP contribution in [0.25, 0.3) is 16.9 Å². The molecule has 1 aliphatic heterocycles. The van der Waals surface area contributed by atoms with Crippen LogP contribution in [-0.4, -0.2) is 16.3 Å². The molecule has 6 heteroatoms. The molecule has 2 aromatic carbocycles. The minimum Gasteiger partial charge on any atom is -0.370 e. The second-order valence-electron chi connectivity index (χ2n) is 6.08. The molecular formula is C19H16F2IN3. The van der Waals surface area contributed by atoms with Crippen LogP contribution in [0, 0.1) is 15.2 Å². The third kappa shape index (κ3) is 3.15. The number of anilines is 1. The van der Waals surface area contributed by atoms with Crippen molar-refractivity contribution >= 4 is 28.4 Å². The number of hydrogen-bond acceptors (Lipinski definition) is 2. The normalized spacial score (nSPS) is 13.9. The van der Waals surface area contributed by atoms with E-state index in [0.29, 0.717) is 0 Å². The van der Waals surface area contributed by atoms with E-state index in [1.54, 1.807) is 4.68 Å². The highest BCUT2D eigenvalue weighted by molar-refractivity contribution is 14.1. The van der Waals surface area contributed by atoms with Crippen LogP contribution in [0.2, 0.25) is 0 Å². The number of hydrogen-bond donors (Lipinski definition) is 1. The van der Waals surface area contributed by atoms with Gasteiger partial charge in [-0.05, 0) is 66.1 Å². The Kier molecular flexibility index (Phi) is 4.45. The highest BCUT2D eigenvalue weighted by atomic mass is 127. The first-order valence-electron chi connectivity index (χ1n) is 8.20. The average molecular weight is 451 g/mol. The van der Waals surface area contributed by atoms with Crippen molar-refractivity contribution in [2.45, 2.75) is 19.3 Å². The van der Waals surface area contributed by atoms with Gasteiger partial charge in [0.25, 0.3) is 0 Å². The molecule has 0 atom stereocenters. The maximum absolute atomic E-state index is 14.4. The molecule has 0 unspecified atom stereocenters. The Morgan fingerprint density at radius 2 is 1.96 bits per heavy atom. The summed E-state index contributed by atoms with van der Waals surface area (Å²) in [7, 11) is 0. The van der Waals surface area contributed by atoms with Crippen LogP contribution in [0.1, 0.15) is 18.4 Å². The molecule has 1 N–H and O–H groups in total. The van der Waals surface area contributed by atoms with Gasteiger partial charge in [0.15, 0.2) is 5.82 Å². The van der Waals surface area contributed by atoms with Crippen LogP contribution < -0.4 is 5.32 Å². The second kappa shape index (κ2) is 6.74. The number of nitrogens with zero attached hydrogens (tertiary/aromatic N) is 2. The molecule has 0 spiro atoms. The van der Waals surface area contributed by atoms with Gasteiger partial charge in [0, 0.05) is 27.3 Å².